The van der Waals surface area contributed by atoms with Crippen molar-refractivity contribution in [2.75, 3.05) is 5.32 Å². The molecule has 2 aromatic rings. The van der Waals surface area contributed by atoms with Crippen molar-refractivity contribution in [3.63, 3.8) is 0 Å². The zero-order valence-corrected chi connectivity index (χ0v) is 12.7. The first-order valence-corrected chi connectivity index (χ1v) is 6.81. The molecule has 2 rings (SSSR count). The second-order valence-electron chi connectivity index (χ2n) is 4.40. The lowest BCUT2D eigenvalue weighted by Crippen LogP contribution is -2.13. The Morgan fingerprint density at radius 1 is 1.20 bits per heavy atom. The highest BCUT2D eigenvalue weighted by Crippen LogP contribution is 2.21. The van der Waals surface area contributed by atoms with Gasteiger partial charge in [-0.3, -0.25) is 14.6 Å². The van der Waals surface area contributed by atoms with Gasteiger partial charge in [0.1, 0.15) is 5.69 Å². The van der Waals surface area contributed by atoms with Gasteiger partial charge in [0.05, 0.1) is 0 Å². The molecule has 0 aliphatic carbocycles. The van der Waals surface area contributed by atoms with Crippen LogP contribution in [-0.2, 0) is 0 Å². The van der Waals surface area contributed by atoms with Gasteiger partial charge in [-0.15, -0.1) is 0 Å². The van der Waals surface area contributed by atoms with Gasteiger partial charge in [-0.2, -0.15) is 0 Å². The van der Waals surface area contributed by atoms with E-state index in [0.717, 1.165) is 10.0 Å². The lowest BCUT2D eigenvalue weighted by atomic mass is 10.1. The summed E-state index contributed by atoms with van der Waals surface area (Å²) >= 11 is 3.42. The van der Waals surface area contributed by atoms with Gasteiger partial charge in [-0.1, -0.05) is 22.0 Å². The van der Waals surface area contributed by atoms with Crippen LogP contribution in [0.25, 0.3) is 0 Å². The normalized spacial score (nSPS) is 10.2. The van der Waals surface area contributed by atoms with E-state index in [9.17, 15) is 9.59 Å². The predicted octanol–water partition coefficient (Wildman–Crippen LogP) is 3.61. The van der Waals surface area contributed by atoms with Gasteiger partial charge in [0.15, 0.2) is 5.78 Å². The maximum atomic E-state index is 12.1. The number of aromatic nitrogens is 1. The average Bonchev–Trinajstić information content (AvgIpc) is 2.43. The minimum atomic E-state index is -0.273. The SMILES string of the molecule is CC(=O)c1cc(C(=O)Nc2ccc(C)c(Br)c2)ccn1. The number of aryl methyl sites for hydroxylation is 1. The number of halogens is 1. The Balaban J connectivity index is 2.21. The molecule has 1 heterocycles. The van der Waals surface area contributed by atoms with Gasteiger partial charge in [-0.05, 0) is 36.8 Å². The number of hydrogen-bond donors (Lipinski definition) is 1. The van der Waals surface area contributed by atoms with Gasteiger partial charge < -0.3 is 5.32 Å². The summed E-state index contributed by atoms with van der Waals surface area (Å²) in [7, 11) is 0. The third kappa shape index (κ3) is 3.30. The number of carbonyl (C=O) groups excluding carboxylic acids is 2. The molecule has 0 spiro atoms. The average molecular weight is 333 g/mol. The molecule has 4 nitrogen and oxygen atoms in total. The van der Waals surface area contributed by atoms with Crippen LogP contribution in [0.15, 0.2) is 41.0 Å². The number of pyridine rings is 1. The van der Waals surface area contributed by atoms with Crippen LogP contribution in [0.4, 0.5) is 5.69 Å². The van der Waals surface area contributed by atoms with Gasteiger partial charge in [0.25, 0.3) is 5.91 Å². The summed E-state index contributed by atoms with van der Waals surface area (Å²) in [5.74, 6) is -0.441. The molecule has 1 aromatic heterocycles. The summed E-state index contributed by atoms with van der Waals surface area (Å²) in [6, 6.07) is 8.63. The third-order valence-electron chi connectivity index (χ3n) is 2.81. The second-order valence-corrected chi connectivity index (χ2v) is 5.26. The van der Waals surface area contributed by atoms with Gasteiger partial charge in [0.2, 0.25) is 0 Å². The Morgan fingerprint density at radius 2 is 1.95 bits per heavy atom. The van der Waals surface area contributed by atoms with Crippen LogP contribution in [0, 0.1) is 6.92 Å². The standard InChI is InChI=1S/C15H13BrN2O2/c1-9-3-4-12(8-13(9)16)18-15(20)11-5-6-17-14(7-11)10(2)19/h3-8H,1-2H3,(H,18,20). The summed E-state index contributed by atoms with van der Waals surface area (Å²) in [6.07, 6.45) is 1.46. The van der Waals surface area contributed by atoms with E-state index in [-0.39, 0.29) is 17.4 Å². The zero-order valence-electron chi connectivity index (χ0n) is 11.1. The Labute approximate surface area is 125 Å². The highest BCUT2D eigenvalue weighted by molar-refractivity contribution is 9.10. The van der Waals surface area contributed by atoms with Crippen LogP contribution in [0.5, 0.6) is 0 Å². The van der Waals surface area contributed by atoms with Crippen molar-refractivity contribution in [1.29, 1.82) is 0 Å². The quantitative estimate of drug-likeness (QED) is 0.873. The highest BCUT2D eigenvalue weighted by atomic mass is 79.9. The number of Topliss-reactive ketones (excluding diaryl/α,β-unsaturated/α-hetero) is 1. The molecule has 0 radical (unpaired) electrons. The molecule has 0 atom stereocenters. The van der Waals surface area contributed by atoms with Crippen molar-refractivity contribution < 1.29 is 9.59 Å². The summed E-state index contributed by atoms with van der Waals surface area (Å²) in [4.78, 5) is 27.3. The molecule has 1 amide bonds. The molecule has 0 saturated heterocycles. The minimum absolute atomic E-state index is 0.169. The molecule has 102 valence electrons. The smallest absolute Gasteiger partial charge is 0.255 e. The van der Waals surface area contributed by atoms with E-state index >= 15 is 0 Å². The lowest BCUT2D eigenvalue weighted by molar-refractivity contribution is 0.101. The summed E-state index contributed by atoms with van der Waals surface area (Å²) in [5, 5.41) is 2.78. The number of nitrogens with zero attached hydrogens (tertiary/aromatic N) is 1. The fourth-order valence-corrected chi connectivity index (χ4v) is 2.02. The minimum Gasteiger partial charge on any atom is -0.322 e. The molecule has 0 aliphatic rings. The number of amides is 1. The molecule has 20 heavy (non-hydrogen) atoms. The van der Waals surface area contributed by atoms with Gasteiger partial charge >= 0.3 is 0 Å². The zero-order chi connectivity index (χ0) is 14.7. The van der Waals surface area contributed by atoms with Gasteiger partial charge in [-0.25, -0.2) is 0 Å². The summed E-state index contributed by atoms with van der Waals surface area (Å²) in [5.41, 5.74) is 2.46. The number of ketones is 1. The molecule has 0 saturated carbocycles. The molecule has 5 heteroatoms. The molecule has 0 bridgehead atoms. The second kappa shape index (κ2) is 5.96. The molecular formula is C15H13BrN2O2. The van der Waals surface area contributed by atoms with E-state index in [1.165, 1.54) is 19.2 Å². The summed E-state index contributed by atoms with van der Waals surface area (Å²) < 4.78 is 0.925. The molecule has 1 N–H and O–H groups in total. The maximum Gasteiger partial charge on any atom is 0.255 e. The van der Waals surface area contributed by atoms with Crippen molar-refractivity contribution in [2.24, 2.45) is 0 Å². The number of rotatable bonds is 3. The molecular weight excluding hydrogens is 320 g/mol. The van der Waals surface area contributed by atoms with Crippen LogP contribution in [0.2, 0.25) is 0 Å². The Kier molecular flexibility index (Phi) is 4.29. The number of carbonyl (C=O) groups is 2. The summed E-state index contributed by atoms with van der Waals surface area (Å²) in [6.45, 7) is 3.39. The number of nitrogens with one attached hydrogen (secondary N) is 1. The molecule has 0 aliphatic heterocycles. The Morgan fingerprint density at radius 3 is 2.60 bits per heavy atom. The largest absolute Gasteiger partial charge is 0.322 e. The topological polar surface area (TPSA) is 59.1 Å². The van der Waals surface area contributed by atoms with Crippen molar-refractivity contribution in [2.45, 2.75) is 13.8 Å². The van der Waals surface area contributed by atoms with Crippen molar-refractivity contribution in [3.05, 3.63) is 57.8 Å². The van der Waals surface area contributed by atoms with Crippen LogP contribution < -0.4 is 5.32 Å². The Bertz CT molecular complexity index is 683. The first-order valence-electron chi connectivity index (χ1n) is 6.02. The van der Waals surface area contributed by atoms with E-state index < -0.39 is 0 Å². The fourth-order valence-electron chi connectivity index (χ4n) is 1.64. The van der Waals surface area contributed by atoms with Crippen LogP contribution in [0.3, 0.4) is 0 Å². The monoisotopic (exact) mass is 332 g/mol. The maximum absolute atomic E-state index is 12.1. The van der Waals surface area contributed by atoms with Gasteiger partial charge in [0, 0.05) is 28.8 Å². The van der Waals surface area contributed by atoms with Crippen molar-refractivity contribution in [1.82, 2.24) is 4.98 Å². The van der Waals surface area contributed by atoms with Crippen LogP contribution in [-0.4, -0.2) is 16.7 Å². The van der Waals surface area contributed by atoms with E-state index in [1.54, 1.807) is 6.07 Å². The lowest BCUT2D eigenvalue weighted by Gasteiger charge is -2.07. The third-order valence-corrected chi connectivity index (χ3v) is 3.67. The van der Waals surface area contributed by atoms with Crippen molar-refractivity contribution in [3.8, 4) is 0 Å². The predicted molar refractivity (Wildman–Crippen MR) is 81.1 cm³/mol. The van der Waals surface area contributed by atoms with Crippen LogP contribution in [0.1, 0.15) is 33.3 Å². The first-order chi connectivity index (χ1) is 9.47. The molecule has 1 aromatic carbocycles. The number of benzene rings is 1. The number of hydrogen-bond acceptors (Lipinski definition) is 3. The molecule has 0 unspecified atom stereocenters. The molecule has 0 fully saturated rings. The fraction of sp³-hybridized carbons (Fsp3) is 0.133. The van der Waals surface area contributed by atoms with E-state index in [1.807, 2.05) is 25.1 Å². The number of anilines is 1. The van der Waals surface area contributed by atoms with Crippen LogP contribution >= 0.6 is 15.9 Å². The Hall–Kier alpha value is -2.01. The van der Waals surface area contributed by atoms with E-state index in [2.05, 4.69) is 26.2 Å². The first kappa shape index (κ1) is 14.4. The van der Waals surface area contributed by atoms with E-state index in [0.29, 0.717) is 11.3 Å². The van der Waals surface area contributed by atoms with E-state index in [4.69, 9.17) is 0 Å². The van der Waals surface area contributed by atoms with Crippen molar-refractivity contribution >= 4 is 33.3 Å². The highest BCUT2D eigenvalue weighted by Gasteiger charge is 2.09.